The first kappa shape index (κ1) is 10.0. The first-order valence-electron chi connectivity index (χ1n) is 3.75. The van der Waals surface area contributed by atoms with E-state index in [1.54, 1.807) is 0 Å². The molecule has 3 heteroatoms. The maximum atomic E-state index is 9.93. The van der Waals surface area contributed by atoms with E-state index in [1.165, 1.54) is 6.26 Å². The van der Waals surface area contributed by atoms with E-state index in [4.69, 9.17) is 5.11 Å². The van der Waals surface area contributed by atoms with Gasteiger partial charge in [-0.3, -0.25) is 0 Å². The van der Waals surface area contributed by atoms with Crippen LogP contribution in [0.25, 0.3) is 0 Å². The van der Waals surface area contributed by atoms with E-state index in [2.05, 4.69) is 11.7 Å². The van der Waals surface area contributed by atoms with Crippen LogP contribution >= 0.6 is 0 Å². The highest BCUT2D eigenvalue weighted by molar-refractivity contribution is 5.68. The standard InChI is InChI=1S/C8H14O3/c1-2-3-4-5-6-11-7-8(9)10/h5-6H,2-4,7H2,1H3,(H,9,10). The lowest BCUT2D eigenvalue weighted by molar-refractivity contribution is -0.140. The number of allylic oxidation sites excluding steroid dienone is 1. The zero-order chi connectivity index (χ0) is 8.53. The maximum absolute atomic E-state index is 9.93. The summed E-state index contributed by atoms with van der Waals surface area (Å²) in [7, 11) is 0. The molecule has 0 aromatic rings. The fraction of sp³-hybridized carbons (Fsp3) is 0.625. The van der Waals surface area contributed by atoms with Crippen LogP contribution in [-0.4, -0.2) is 17.7 Å². The average Bonchev–Trinajstić information content (AvgIpc) is 1.96. The van der Waals surface area contributed by atoms with Gasteiger partial charge in [0.1, 0.15) is 0 Å². The van der Waals surface area contributed by atoms with Crippen LogP contribution < -0.4 is 0 Å². The highest BCUT2D eigenvalue weighted by Crippen LogP contribution is 1.94. The molecule has 0 aliphatic heterocycles. The molecule has 0 heterocycles. The summed E-state index contributed by atoms with van der Waals surface area (Å²) in [5.41, 5.74) is 0. The maximum Gasteiger partial charge on any atom is 0.341 e. The number of hydrogen-bond donors (Lipinski definition) is 1. The van der Waals surface area contributed by atoms with Crippen LogP contribution in [0.15, 0.2) is 12.3 Å². The number of rotatable bonds is 6. The number of hydrogen-bond acceptors (Lipinski definition) is 2. The van der Waals surface area contributed by atoms with Gasteiger partial charge in [0.2, 0.25) is 0 Å². The molecule has 0 unspecified atom stereocenters. The number of unbranched alkanes of at least 4 members (excludes halogenated alkanes) is 2. The second kappa shape index (κ2) is 7.12. The smallest absolute Gasteiger partial charge is 0.341 e. The minimum absolute atomic E-state index is 0.247. The van der Waals surface area contributed by atoms with Crippen molar-refractivity contribution in [1.29, 1.82) is 0 Å². The van der Waals surface area contributed by atoms with Crippen molar-refractivity contribution in [2.24, 2.45) is 0 Å². The third kappa shape index (κ3) is 9.01. The van der Waals surface area contributed by atoms with Gasteiger partial charge in [0.05, 0.1) is 6.26 Å². The Morgan fingerprint density at radius 3 is 2.91 bits per heavy atom. The predicted octanol–water partition coefficient (Wildman–Crippen LogP) is 1.79. The fourth-order valence-electron chi connectivity index (χ4n) is 0.577. The van der Waals surface area contributed by atoms with Crippen LogP contribution in [-0.2, 0) is 9.53 Å². The van der Waals surface area contributed by atoms with Crippen LogP contribution in [0, 0.1) is 0 Å². The van der Waals surface area contributed by atoms with Crippen LogP contribution in [0.3, 0.4) is 0 Å². The predicted molar refractivity (Wildman–Crippen MR) is 42.3 cm³/mol. The molecule has 0 fully saturated rings. The van der Waals surface area contributed by atoms with Crippen molar-refractivity contribution in [3.63, 3.8) is 0 Å². The lowest BCUT2D eigenvalue weighted by Crippen LogP contribution is -2.02. The summed E-state index contributed by atoms with van der Waals surface area (Å²) in [4.78, 5) is 9.93. The van der Waals surface area contributed by atoms with Gasteiger partial charge in [0, 0.05) is 0 Å². The van der Waals surface area contributed by atoms with E-state index in [-0.39, 0.29) is 6.61 Å². The molecule has 11 heavy (non-hydrogen) atoms. The quantitative estimate of drug-likeness (QED) is 0.473. The van der Waals surface area contributed by atoms with Gasteiger partial charge in [0.15, 0.2) is 6.61 Å². The second-order valence-electron chi connectivity index (χ2n) is 2.22. The SMILES string of the molecule is CCCCC=COCC(=O)O. The molecular weight excluding hydrogens is 144 g/mol. The molecule has 0 aromatic carbocycles. The zero-order valence-electron chi connectivity index (χ0n) is 6.75. The summed E-state index contributed by atoms with van der Waals surface area (Å²) in [6, 6.07) is 0. The molecule has 0 radical (unpaired) electrons. The molecule has 3 nitrogen and oxygen atoms in total. The van der Waals surface area contributed by atoms with Crippen molar-refractivity contribution in [2.45, 2.75) is 26.2 Å². The third-order valence-electron chi connectivity index (χ3n) is 1.12. The Kier molecular flexibility index (Phi) is 6.48. The average molecular weight is 158 g/mol. The highest BCUT2D eigenvalue weighted by Gasteiger charge is 1.90. The molecule has 0 aromatic heterocycles. The number of ether oxygens (including phenoxy) is 1. The van der Waals surface area contributed by atoms with Gasteiger partial charge in [-0.2, -0.15) is 0 Å². The summed E-state index contributed by atoms with van der Waals surface area (Å²) in [6.45, 7) is 1.86. The first-order chi connectivity index (χ1) is 5.27. The Labute approximate surface area is 66.7 Å². The molecule has 0 bridgehead atoms. The van der Waals surface area contributed by atoms with E-state index >= 15 is 0 Å². The van der Waals surface area contributed by atoms with E-state index in [0.29, 0.717) is 0 Å². The first-order valence-corrected chi connectivity index (χ1v) is 3.75. The topological polar surface area (TPSA) is 46.5 Å². The van der Waals surface area contributed by atoms with Gasteiger partial charge >= 0.3 is 5.97 Å². The van der Waals surface area contributed by atoms with Crippen molar-refractivity contribution in [3.05, 3.63) is 12.3 Å². The third-order valence-corrected chi connectivity index (χ3v) is 1.12. The monoisotopic (exact) mass is 158 g/mol. The molecule has 0 spiro atoms. The van der Waals surface area contributed by atoms with Crippen molar-refractivity contribution in [1.82, 2.24) is 0 Å². The Bertz CT molecular complexity index is 129. The van der Waals surface area contributed by atoms with Gasteiger partial charge in [-0.1, -0.05) is 13.3 Å². The van der Waals surface area contributed by atoms with Crippen LogP contribution in [0.4, 0.5) is 0 Å². The zero-order valence-corrected chi connectivity index (χ0v) is 6.75. The summed E-state index contributed by atoms with van der Waals surface area (Å²) < 4.78 is 4.66. The molecule has 0 amide bonds. The van der Waals surface area contributed by atoms with Crippen molar-refractivity contribution in [2.75, 3.05) is 6.61 Å². The van der Waals surface area contributed by atoms with Gasteiger partial charge in [0.25, 0.3) is 0 Å². The summed E-state index contributed by atoms with van der Waals surface area (Å²) >= 11 is 0. The van der Waals surface area contributed by atoms with Crippen molar-refractivity contribution < 1.29 is 14.6 Å². The minimum Gasteiger partial charge on any atom is -0.490 e. The molecule has 64 valence electrons. The number of carbonyl (C=O) groups is 1. The van der Waals surface area contributed by atoms with E-state index in [9.17, 15) is 4.79 Å². The van der Waals surface area contributed by atoms with Crippen LogP contribution in [0.5, 0.6) is 0 Å². The lowest BCUT2D eigenvalue weighted by Gasteiger charge is -1.93. The fourth-order valence-corrected chi connectivity index (χ4v) is 0.577. The van der Waals surface area contributed by atoms with Gasteiger partial charge in [-0.25, -0.2) is 4.79 Å². The van der Waals surface area contributed by atoms with Gasteiger partial charge < -0.3 is 9.84 Å². The Hall–Kier alpha value is -0.990. The minimum atomic E-state index is -0.940. The molecule has 0 saturated carbocycles. The van der Waals surface area contributed by atoms with E-state index in [1.807, 2.05) is 6.08 Å². The molecule has 0 aliphatic rings. The van der Waals surface area contributed by atoms with E-state index < -0.39 is 5.97 Å². The number of aliphatic carboxylic acids is 1. The highest BCUT2D eigenvalue weighted by atomic mass is 16.5. The van der Waals surface area contributed by atoms with Gasteiger partial charge in [-0.05, 0) is 18.9 Å². The molecule has 0 aliphatic carbocycles. The Morgan fingerprint density at radius 1 is 1.64 bits per heavy atom. The number of carboxylic acids is 1. The molecule has 0 rings (SSSR count). The summed E-state index contributed by atoms with van der Waals surface area (Å²) in [5, 5.41) is 8.16. The molecule has 0 atom stereocenters. The van der Waals surface area contributed by atoms with Crippen LogP contribution in [0.2, 0.25) is 0 Å². The largest absolute Gasteiger partial charge is 0.490 e. The molecule has 0 saturated heterocycles. The Balaban J connectivity index is 3.10. The van der Waals surface area contributed by atoms with E-state index in [0.717, 1.165) is 19.3 Å². The normalized spacial score (nSPS) is 10.3. The summed E-state index contributed by atoms with van der Waals surface area (Å²) in [6.07, 6.45) is 6.50. The van der Waals surface area contributed by atoms with Gasteiger partial charge in [-0.15, -0.1) is 0 Å². The summed E-state index contributed by atoms with van der Waals surface area (Å²) in [5.74, 6) is -0.940. The second-order valence-corrected chi connectivity index (χ2v) is 2.22. The Morgan fingerprint density at radius 2 is 2.36 bits per heavy atom. The van der Waals surface area contributed by atoms with Crippen LogP contribution in [0.1, 0.15) is 26.2 Å². The number of carboxylic acid groups (broad SMARTS) is 1. The van der Waals surface area contributed by atoms with Crippen molar-refractivity contribution >= 4 is 5.97 Å². The molecule has 1 N–H and O–H groups in total. The molecular formula is C8H14O3. The van der Waals surface area contributed by atoms with Crippen molar-refractivity contribution in [3.8, 4) is 0 Å². The lowest BCUT2D eigenvalue weighted by atomic mass is 10.2.